The third-order valence-electron chi connectivity index (χ3n) is 4.40. The maximum Gasteiger partial charge on any atom is 0.200 e. The van der Waals surface area contributed by atoms with Gasteiger partial charge in [-0.25, -0.2) is 4.98 Å². The Kier molecular flexibility index (Phi) is 4.73. The predicted molar refractivity (Wildman–Crippen MR) is 98.2 cm³/mol. The van der Waals surface area contributed by atoms with Gasteiger partial charge >= 0.3 is 0 Å². The molecule has 0 saturated carbocycles. The second-order valence-corrected chi connectivity index (χ2v) is 6.40. The molecule has 0 amide bonds. The fourth-order valence-electron chi connectivity index (χ4n) is 3.14. The number of aromatic nitrogens is 2. The number of nitrogens with one attached hydrogen (secondary N) is 1. The van der Waals surface area contributed by atoms with Crippen LogP contribution in [-0.2, 0) is 21.7 Å². The van der Waals surface area contributed by atoms with Crippen LogP contribution in [0.2, 0.25) is 0 Å². The Hall–Kier alpha value is -2.63. The van der Waals surface area contributed by atoms with E-state index in [0.29, 0.717) is 19.6 Å². The van der Waals surface area contributed by atoms with Gasteiger partial charge in [-0.15, -0.1) is 0 Å². The molecule has 0 bridgehead atoms. The molecule has 0 spiro atoms. The standard InChI is InChI=1S/C21H22N2O3/c1-16-22-15-18(23-16)14-21(24-12-5-13-25-21)17-8-10-20(11-9-17)26-19-6-3-2-4-7-19/h2-4,6-11,15H,5,12-14H2,1H3,(H,22,23). The van der Waals surface area contributed by atoms with Crippen LogP contribution in [0.3, 0.4) is 0 Å². The van der Waals surface area contributed by atoms with Gasteiger partial charge in [-0.1, -0.05) is 18.2 Å². The number of ether oxygens (including phenoxy) is 3. The summed E-state index contributed by atoms with van der Waals surface area (Å²) in [7, 11) is 0. The Morgan fingerprint density at radius 2 is 1.69 bits per heavy atom. The zero-order valence-electron chi connectivity index (χ0n) is 14.8. The number of benzene rings is 2. The Bertz CT molecular complexity index is 837. The molecule has 5 heteroatoms. The topological polar surface area (TPSA) is 56.4 Å². The third-order valence-corrected chi connectivity index (χ3v) is 4.40. The van der Waals surface area contributed by atoms with Crippen molar-refractivity contribution >= 4 is 0 Å². The molecule has 4 rings (SSSR count). The number of nitrogens with zero attached hydrogens (tertiary/aromatic N) is 1. The van der Waals surface area contributed by atoms with Crippen molar-refractivity contribution in [3.63, 3.8) is 0 Å². The number of hydrogen-bond donors (Lipinski definition) is 1. The van der Waals surface area contributed by atoms with Crippen molar-refractivity contribution in [2.75, 3.05) is 13.2 Å². The summed E-state index contributed by atoms with van der Waals surface area (Å²) in [4.78, 5) is 7.63. The lowest BCUT2D eigenvalue weighted by atomic mass is 9.99. The molecular formula is C21H22N2O3. The Morgan fingerprint density at radius 3 is 2.35 bits per heavy atom. The van der Waals surface area contributed by atoms with Crippen molar-refractivity contribution in [1.29, 1.82) is 0 Å². The molecule has 0 atom stereocenters. The average Bonchev–Trinajstić information content (AvgIpc) is 3.08. The van der Waals surface area contributed by atoms with Crippen LogP contribution >= 0.6 is 0 Å². The number of H-pyrrole nitrogens is 1. The van der Waals surface area contributed by atoms with Gasteiger partial charge in [0.1, 0.15) is 17.3 Å². The molecule has 1 N–H and O–H groups in total. The minimum atomic E-state index is -0.800. The first-order valence-corrected chi connectivity index (χ1v) is 8.86. The number of para-hydroxylation sites is 1. The fraction of sp³-hybridized carbons (Fsp3) is 0.286. The zero-order valence-corrected chi connectivity index (χ0v) is 14.8. The second kappa shape index (κ2) is 7.32. The van der Waals surface area contributed by atoms with E-state index in [9.17, 15) is 0 Å². The maximum absolute atomic E-state index is 6.11. The third kappa shape index (κ3) is 3.64. The lowest BCUT2D eigenvalue weighted by Gasteiger charge is -2.37. The molecule has 134 valence electrons. The van der Waals surface area contributed by atoms with Gasteiger partial charge < -0.3 is 19.2 Å². The highest BCUT2D eigenvalue weighted by molar-refractivity contribution is 5.35. The summed E-state index contributed by atoms with van der Waals surface area (Å²) in [5, 5.41) is 0. The normalized spacial score (nSPS) is 16.3. The van der Waals surface area contributed by atoms with Gasteiger partial charge in [0.2, 0.25) is 5.79 Å². The van der Waals surface area contributed by atoms with Gasteiger partial charge in [0.15, 0.2) is 0 Å². The first-order chi connectivity index (χ1) is 12.7. The van der Waals surface area contributed by atoms with Crippen molar-refractivity contribution in [3.05, 3.63) is 77.9 Å². The van der Waals surface area contributed by atoms with Crippen molar-refractivity contribution in [3.8, 4) is 11.5 Å². The van der Waals surface area contributed by atoms with Crippen LogP contribution in [0.5, 0.6) is 11.5 Å². The molecule has 1 aromatic heterocycles. The Labute approximate surface area is 152 Å². The van der Waals surface area contributed by atoms with Gasteiger partial charge in [-0.05, 0) is 49.7 Å². The molecule has 0 unspecified atom stereocenters. The van der Waals surface area contributed by atoms with Gasteiger partial charge in [-0.2, -0.15) is 0 Å². The molecule has 1 aliphatic heterocycles. The molecular weight excluding hydrogens is 328 g/mol. The SMILES string of the molecule is Cc1nc(CC2(c3ccc(Oc4ccccc4)cc3)OCCCO2)c[nH]1. The van der Waals surface area contributed by atoms with E-state index in [1.165, 1.54) is 0 Å². The summed E-state index contributed by atoms with van der Waals surface area (Å²) < 4.78 is 18.1. The van der Waals surface area contributed by atoms with Crippen LogP contribution in [0.1, 0.15) is 23.5 Å². The Balaban J connectivity index is 1.57. The van der Waals surface area contributed by atoms with Crippen molar-refractivity contribution in [2.45, 2.75) is 25.6 Å². The molecule has 5 nitrogen and oxygen atoms in total. The number of aromatic amines is 1. The minimum Gasteiger partial charge on any atom is -0.457 e. The lowest BCUT2D eigenvalue weighted by Crippen LogP contribution is -2.40. The number of rotatable bonds is 5. The summed E-state index contributed by atoms with van der Waals surface area (Å²) in [5.41, 5.74) is 1.90. The quantitative estimate of drug-likeness (QED) is 0.743. The van der Waals surface area contributed by atoms with E-state index >= 15 is 0 Å². The van der Waals surface area contributed by atoms with Crippen LogP contribution in [0.4, 0.5) is 0 Å². The van der Waals surface area contributed by atoms with Gasteiger partial charge in [0, 0.05) is 11.8 Å². The summed E-state index contributed by atoms with van der Waals surface area (Å²) in [6, 6.07) is 17.6. The highest BCUT2D eigenvalue weighted by Gasteiger charge is 2.37. The smallest absolute Gasteiger partial charge is 0.200 e. The molecule has 0 aliphatic carbocycles. The number of hydrogen-bond acceptors (Lipinski definition) is 4. The number of aryl methyl sites for hydroxylation is 1. The van der Waals surface area contributed by atoms with Crippen LogP contribution in [0.15, 0.2) is 60.8 Å². The largest absolute Gasteiger partial charge is 0.457 e. The van der Waals surface area contributed by atoms with Crippen molar-refractivity contribution in [2.24, 2.45) is 0 Å². The van der Waals surface area contributed by atoms with E-state index in [4.69, 9.17) is 14.2 Å². The minimum absolute atomic E-state index is 0.566. The summed E-state index contributed by atoms with van der Waals surface area (Å²) in [5.74, 6) is 1.68. The highest BCUT2D eigenvalue weighted by atomic mass is 16.7. The second-order valence-electron chi connectivity index (χ2n) is 6.40. The Morgan fingerprint density at radius 1 is 1.00 bits per heavy atom. The van der Waals surface area contributed by atoms with E-state index in [2.05, 4.69) is 9.97 Å². The molecule has 1 saturated heterocycles. The molecule has 26 heavy (non-hydrogen) atoms. The molecule has 0 radical (unpaired) electrons. The molecule has 3 aromatic rings. The highest BCUT2D eigenvalue weighted by Crippen LogP contribution is 2.35. The lowest BCUT2D eigenvalue weighted by molar-refractivity contribution is -0.276. The summed E-state index contributed by atoms with van der Waals surface area (Å²) in [6.07, 6.45) is 3.37. The average molecular weight is 350 g/mol. The van der Waals surface area contributed by atoms with Crippen molar-refractivity contribution < 1.29 is 14.2 Å². The zero-order chi connectivity index (χ0) is 17.8. The van der Waals surface area contributed by atoms with Gasteiger partial charge in [-0.3, -0.25) is 0 Å². The summed E-state index contributed by atoms with van der Waals surface area (Å²) in [6.45, 7) is 3.28. The van der Waals surface area contributed by atoms with E-state index in [-0.39, 0.29) is 0 Å². The first-order valence-electron chi connectivity index (χ1n) is 8.86. The van der Waals surface area contributed by atoms with Gasteiger partial charge in [0.25, 0.3) is 0 Å². The van der Waals surface area contributed by atoms with E-state index in [1.807, 2.05) is 67.7 Å². The van der Waals surface area contributed by atoms with Crippen LogP contribution in [0.25, 0.3) is 0 Å². The fourth-order valence-corrected chi connectivity index (χ4v) is 3.14. The number of imidazole rings is 1. The van der Waals surface area contributed by atoms with Crippen LogP contribution in [0, 0.1) is 6.92 Å². The predicted octanol–water partition coefficient (Wildman–Crippen LogP) is 4.34. The monoisotopic (exact) mass is 350 g/mol. The van der Waals surface area contributed by atoms with E-state index in [1.54, 1.807) is 0 Å². The first kappa shape index (κ1) is 16.8. The van der Waals surface area contributed by atoms with Crippen LogP contribution in [-0.4, -0.2) is 23.2 Å². The molecule has 1 aliphatic rings. The summed E-state index contributed by atoms with van der Waals surface area (Å²) >= 11 is 0. The molecule has 2 aromatic carbocycles. The maximum atomic E-state index is 6.11. The molecule has 2 heterocycles. The van der Waals surface area contributed by atoms with Gasteiger partial charge in [0.05, 0.1) is 25.3 Å². The molecule has 1 fully saturated rings. The van der Waals surface area contributed by atoms with Crippen LogP contribution < -0.4 is 4.74 Å². The van der Waals surface area contributed by atoms with E-state index < -0.39 is 5.79 Å². The van der Waals surface area contributed by atoms with E-state index in [0.717, 1.165) is 35.0 Å². The van der Waals surface area contributed by atoms with Crippen molar-refractivity contribution in [1.82, 2.24) is 9.97 Å².